The van der Waals surface area contributed by atoms with Gasteiger partial charge >= 0.3 is 0 Å². The van der Waals surface area contributed by atoms with Gasteiger partial charge in [-0.3, -0.25) is 5.32 Å². The van der Waals surface area contributed by atoms with E-state index in [0.29, 0.717) is 22.9 Å². The van der Waals surface area contributed by atoms with E-state index in [1.54, 1.807) is 24.3 Å². The average molecular weight is 418 g/mol. The Morgan fingerprint density at radius 1 is 1.10 bits per heavy atom. The Morgan fingerprint density at radius 2 is 1.79 bits per heavy atom. The number of para-hydroxylation sites is 1. The first-order valence-electron chi connectivity index (χ1n) is 9.57. The Balaban J connectivity index is 1.88. The van der Waals surface area contributed by atoms with E-state index in [2.05, 4.69) is 5.32 Å². The Hall–Kier alpha value is -2.09. The van der Waals surface area contributed by atoms with Crippen molar-refractivity contribution in [3.8, 4) is 5.75 Å². The smallest absolute Gasteiger partial charge is 0.135 e. The van der Waals surface area contributed by atoms with Crippen molar-refractivity contribution in [3.63, 3.8) is 0 Å². The summed E-state index contributed by atoms with van der Waals surface area (Å²) in [5.41, 5.74) is 2.45. The number of hydrogen-bond acceptors (Lipinski definition) is 5. The van der Waals surface area contributed by atoms with E-state index in [1.807, 2.05) is 54.9 Å². The van der Waals surface area contributed by atoms with Gasteiger partial charge in [0.2, 0.25) is 0 Å². The van der Waals surface area contributed by atoms with Gasteiger partial charge in [0.15, 0.2) is 0 Å². The van der Waals surface area contributed by atoms with Crippen LogP contribution in [0.3, 0.4) is 0 Å². The van der Waals surface area contributed by atoms with Crippen molar-refractivity contribution in [1.29, 1.82) is 0 Å². The number of aromatic nitrogens is 1. The first kappa shape index (κ1) is 21.6. The van der Waals surface area contributed by atoms with Crippen LogP contribution in [0, 0.1) is 0 Å². The minimum atomic E-state index is -1.09. The molecule has 29 heavy (non-hydrogen) atoms. The average Bonchev–Trinajstić information content (AvgIpc) is 2.98. The van der Waals surface area contributed by atoms with E-state index in [9.17, 15) is 10.2 Å². The molecule has 3 rings (SSSR count). The zero-order chi connectivity index (χ0) is 21.0. The van der Waals surface area contributed by atoms with Crippen molar-refractivity contribution >= 4 is 22.5 Å². The quantitative estimate of drug-likeness (QED) is 0.467. The van der Waals surface area contributed by atoms with Crippen LogP contribution in [0.5, 0.6) is 5.75 Å². The summed E-state index contributed by atoms with van der Waals surface area (Å²) < 4.78 is 7.94. The summed E-state index contributed by atoms with van der Waals surface area (Å²) in [6.45, 7) is 1.57. The van der Waals surface area contributed by atoms with Gasteiger partial charge in [0, 0.05) is 41.6 Å². The number of aryl methyl sites for hydroxylation is 1. The van der Waals surface area contributed by atoms with Crippen LogP contribution in [0.4, 0.5) is 0 Å². The number of nitrogens with zero attached hydrogens (tertiary/aromatic N) is 2. The third-order valence-corrected chi connectivity index (χ3v) is 5.22. The summed E-state index contributed by atoms with van der Waals surface area (Å²) in [4.78, 5) is 2.01. The van der Waals surface area contributed by atoms with E-state index < -0.39 is 12.3 Å². The maximum absolute atomic E-state index is 11.0. The zero-order valence-electron chi connectivity index (χ0n) is 17.0. The minimum absolute atomic E-state index is 0.254. The van der Waals surface area contributed by atoms with Crippen LogP contribution in [0.15, 0.2) is 48.5 Å². The summed E-state index contributed by atoms with van der Waals surface area (Å²) in [6, 6.07) is 15.0. The molecule has 2 aromatic carbocycles. The maximum Gasteiger partial charge on any atom is 0.135 e. The first-order chi connectivity index (χ1) is 13.9. The Bertz CT molecular complexity index is 940. The van der Waals surface area contributed by atoms with E-state index in [-0.39, 0.29) is 6.61 Å². The van der Waals surface area contributed by atoms with Crippen molar-refractivity contribution < 1.29 is 14.9 Å². The minimum Gasteiger partial charge on any atom is -0.487 e. The predicted octanol–water partition coefficient (Wildman–Crippen LogP) is 2.91. The molecule has 0 bridgehead atoms. The number of likely N-dealkylation sites (N-methyl/N-ethyl adjacent to an activating group) is 1. The molecule has 0 spiro atoms. The number of nitrogens with one attached hydrogen (secondary N) is 1. The lowest BCUT2D eigenvalue weighted by molar-refractivity contribution is -0.00370. The van der Waals surface area contributed by atoms with Crippen molar-refractivity contribution in [2.45, 2.75) is 18.9 Å². The van der Waals surface area contributed by atoms with Gasteiger partial charge in [0.1, 0.15) is 24.7 Å². The molecule has 0 saturated carbocycles. The summed E-state index contributed by atoms with van der Waals surface area (Å²) in [5, 5.41) is 26.0. The molecule has 156 valence electrons. The Labute approximate surface area is 176 Å². The Morgan fingerprint density at radius 3 is 2.48 bits per heavy atom. The van der Waals surface area contributed by atoms with Crippen molar-refractivity contribution in [2.75, 3.05) is 27.2 Å². The van der Waals surface area contributed by atoms with Gasteiger partial charge in [-0.1, -0.05) is 29.8 Å². The van der Waals surface area contributed by atoms with Gasteiger partial charge in [-0.15, -0.1) is 0 Å². The zero-order valence-corrected chi connectivity index (χ0v) is 17.7. The predicted molar refractivity (Wildman–Crippen MR) is 116 cm³/mol. The molecule has 0 aliphatic heterocycles. The molecule has 1 heterocycles. The molecule has 0 radical (unpaired) electrons. The van der Waals surface area contributed by atoms with Crippen LogP contribution in [0.2, 0.25) is 5.02 Å². The van der Waals surface area contributed by atoms with Gasteiger partial charge in [0.05, 0.1) is 5.69 Å². The van der Waals surface area contributed by atoms with E-state index in [0.717, 1.165) is 23.1 Å². The number of hydrogen-bond donors (Lipinski definition) is 3. The second-order valence-corrected chi connectivity index (χ2v) is 7.76. The highest BCUT2D eigenvalue weighted by atomic mass is 35.5. The molecule has 0 saturated heterocycles. The molecular weight excluding hydrogens is 390 g/mol. The van der Waals surface area contributed by atoms with Gasteiger partial charge in [0.25, 0.3) is 0 Å². The fourth-order valence-electron chi connectivity index (χ4n) is 3.37. The van der Waals surface area contributed by atoms with E-state index in [1.165, 1.54) is 0 Å². The number of benzene rings is 2. The lowest BCUT2D eigenvalue weighted by atomic mass is 10.0. The molecule has 3 N–H and O–H groups in total. The molecule has 2 unspecified atom stereocenters. The fourth-order valence-corrected chi connectivity index (χ4v) is 3.49. The normalized spacial score (nSPS) is 13.8. The van der Waals surface area contributed by atoms with Crippen LogP contribution < -0.4 is 10.1 Å². The molecular formula is C22H28ClN3O3. The molecule has 0 fully saturated rings. The molecule has 6 nitrogen and oxygen atoms in total. The topological polar surface area (TPSA) is 69.9 Å². The standard InChI is InChI=1S/C22H28ClN3O3/c1-25(2)13-12-24-22(28)21(27)20-17-6-4-5-7-18(17)26(3)19(20)14-29-16-10-8-15(23)9-11-16/h4-11,21-22,24,27-28H,12-14H2,1-3H3. The number of fused-ring (bicyclic) bond motifs is 1. The first-order valence-corrected chi connectivity index (χ1v) is 9.95. The van der Waals surface area contributed by atoms with Gasteiger partial charge in [-0.25, -0.2) is 0 Å². The van der Waals surface area contributed by atoms with Gasteiger partial charge < -0.3 is 24.4 Å². The number of ether oxygens (including phenoxy) is 1. The summed E-state index contributed by atoms with van der Waals surface area (Å²) in [5.74, 6) is 0.685. The lowest BCUT2D eigenvalue weighted by Gasteiger charge is -2.22. The highest BCUT2D eigenvalue weighted by Gasteiger charge is 2.26. The third-order valence-electron chi connectivity index (χ3n) is 4.97. The Kier molecular flexibility index (Phi) is 7.16. The second-order valence-electron chi connectivity index (χ2n) is 7.33. The van der Waals surface area contributed by atoms with E-state index in [4.69, 9.17) is 16.3 Å². The van der Waals surface area contributed by atoms with Crippen LogP contribution in [-0.4, -0.2) is 53.1 Å². The lowest BCUT2D eigenvalue weighted by Crippen LogP contribution is -2.39. The van der Waals surface area contributed by atoms with Gasteiger partial charge in [-0.05, 0) is 44.4 Å². The molecule has 3 aromatic rings. The number of aliphatic hydroxyl groups excluding tert-OH is 2. The van der Waals surface area contributed by atoms with Crippen molar-refractivity contribution in [1.82, 2.24) is 14.8 Å². The van der Waals surface area contributed by atoms with Crippen LogP contribution in [0.1, 0.15) is 17.4 Å². The maximum atomic E-state index is 11.0. The summed E-state index contributed by atoms with van der Waals surface area (Å²) in [6.07, 6.45) is -2.18. The van der Waals surface area contributed by atoms with E-state index >= 15 is 0 Å². The molecule has 0 aliphatic carbocycles. The molecule has 0 amide bonds. The van der Waals surface area contributed by atoms with Crippen molar-refractivity contribution in [3.05, 3.63) is 64.8 Å². The molecule has 1 aromatic heterocycles. The summed E-state index contributed by atoms with van der Waals surface area (Å²) >= 11 is 5.94. The highest BCUT2D eigenvalue weighted by molar-refractivity contribution is 6.30. The molecule has 0 aliphatic rings. The van der Waals surface area contributed by atoms with Crippen molar-refractivity contribution in [2.24, 2.45) is 7.05 Å². The van der Waals surface area contributed by atoms with Crippen LogP contribution >= 0.6 is 11.6 Å². The fraction of sp³-hybridized carbons (Fsp3) is 0.364. The second kappa shape index (κ2) is 9.61. The third kappa shape index (κ3) is 5.10. The number of rotatable bonds is 9. The number of halogens is 1. The van der Waals surface area contributed by atoms with Gasteiger partial charge in [-0.2, -0.15) is 0 Å². The monoisotopic (exact) mass is 417 g/mol. The summed E-state index contributed by atoms with van der Waals surface area (Å²) in [7, 11) is 5.85. The highest BCUT2D eigenvalue weighted by Crippen LogP contribution is 2.32. The number of aliphatic hydroxyl groups is 2. The largest absolute Gasteiger partial charge is 0.487 e. The molecule has 2 atom stereocenters. The molecule has 7 heteroatoms. The SMILES string of the molecule is CN(C)CCNC(O)C(O)c1c(COc2ccc(Cl)cc2)n(C)c2ccccc12. The van der Waals surface area contributed by atoms with Crippen LogP contribution in [-0.2, 0) is 13.7 Å². The van der Waals surface area contributed by atoms with Crippen LogP contribution in [0.25, 0.3) is 10.9 Å².